The highest BCUT2D eigenvalue weighted by Crippen LogP contribution is 2.37. The van der Waals surface area contributed by atoms with Crippen LogP contribution in [-0.2, 0) is 12.0 Å². The molecule has 4 aromatic rings. The van der Waals surface area contributed by atoms with Gasteiger partial charge in [-0.15, -0.1) is 0 Å². The van der Waals surface area contributed by atoms with E-state index in [1.54, 1.807) is 12.1 Å². The SMILES string of the molecule is COc1cc2ncnc(Oc3ccc(NC(=O)NC4CCN(Cc5ccc(C(C)(C)C)cc5)C4)c([N+](=O)[O-])c3)c2cc1OC. The van der Waals surface area contributed by atoms with Gasteiger partial charge in [-0.3, -0.25) is 15.0 Å². The van der Waals surface area contributed by atoms with E-state index in [0.29, 0.717) is 28.9 Å². The van der Waals surface area contributed by atoms with Gasteiger partial charge < -0.3 is 24.8 Å². The van der Waals surface area contributed by atoms with Gasteiger partial charge in [0.25, 0.3) is 5.69 Å². The smallest absolute Gasteiger partial charge is 0.319 e. The monoisotopic (exact) mass is 600 g/mol. The molecule has 44 heavy (non-hydrogen) atoms. The fraction of sp³-hybridized carbons (Fsp3) is 0.344. The molecule has 0 saturated carbocycles. The van der Waals surface area contributed by atoms with E-state index in [2.05, 4.69) is 70.5 Å². The van der Waals surface area contributed by atoms with Crippen molar-refractivity contribution in [3.63, 3.8) is 0 Å². The number of benzene rings is 3. The maximum atomic E-state index is 12.8. The van der Waals surface area contributed by atoms with E-state index in [-0.39, 0.29) is 34.5 Å². The molecule has 5 rings (SSSR count). The summed E-state index contributed by atoms with van der Waals surface area (Å²) < 4.78 is 16.6. The fourth-order valence-electron chi connectivity index (χ4n) is 5.19. The van der Waals surface area contributed by atoms with Gasteiger partial charge in [0.05, 0.1) is 36.1 Å². The number of amides is 2. The van der Waals surface area contributed by atoms with Crippen LogP contribution in [0.3, 0.4) is 0 Å². The molecule has 0 bridgehead atoms. The number of carbonyl (C=O) groups is 1. The number of likely N-dealkylation sites (tertiary alicyclic amines) is 1. The Morgan fingerprint density at radius 1 is 1.05 bits per heavy atom. The molecule has 1 fully saturated rings. The molecule has 12 nitrogen and oxygen atoms in total. The number of nitro benzene ring substituents is 1. The number of nitrogens with zero attached hydrogens (tertiary/aromatic N) is 4. The lowest BCUT2D eigenvalue weighted by molar-refractivity contribution is -0.384. The third-order valence-electron chi connectivity index (χ3n) is 7.57. The van der Waals surface area contributed by atoms with Crippen LogP contribution in [0.1, 0.15) is 38.3 Å². The number of anilines is 1. The summed E-state index contributed by atoms with van der Waals surface area (Å²) in [6, 6.07) is 15.6. The van der Waals surface area contributed by atoms with E-state index in [1.807, 2.05) is 0 Å². The Hall–Kier alpha value is -4.97. The number of nitrogens with one attached hydrogen (secondary N) is 2. The van der Waals surface area contributed by atoms with Crippen molar-refractivity contribution in [2.75, 3.05) is 32.6 Å². The Kier molecular flexibility index (Phi) is 8.81. The molecule has 3 aromatic carbocycles. The maximum absolute atomic E-state index is 12.8. The highest BCUT2D eigenvalue weighted by atomic mass is 16.6. The average Bonchev–Trinajstić information content (AvgIpc) is 3.43. The number of hydrogen-bond acceptors (Lipinski definition) is 9. The van der Waals surface area contributed by atoms with Crippen molar-refractivity contribution in [3.8, 4) is 23.1 Å². The molecule has 1 aliphatic rings. The first-order chi connectivity index (χ1) is 21.0. The van der Waals surface area contributed by atoms with E-state index in [4.69, 9.17) is 14.2 Å². The summed E-state index contributed by atoms with van der Waals surface area (Å²) in [7, 11) is 3.03. The zero-order valence-electron chi connectivity index (χ0n) is 25.4. The molecule has 12 heteroatoms. The lowest BCUT2D eigenvalue weighted by Crippen LogP contribution is -2.39. The Morgan fingerprint density at radius 2 is 1.77 bits per heavy atom. The van der Waals surface area contributed by atoms with Crippen LogP contribution in [0.2, 0.25) is 0 Å². The number of urea groups is 1. The van der Waals surface area contributed by atoms with Gasteiger partial charge in [-0.25, -0.2) is 14.8 Å². The van der Waals surface area contributed by atoms with Gasteiger partial charge in [0, 0.05) is 31.7 Å². The third kappa shape index (κ3) is 6.97. The van der Waals surface area contributed by atoms with E-state index < -0.39 is 11.0 Å². The number of ether oxygens (including phenoxy) is 3. The Bertz CT molecular complexity index is 1670. The molecule has 1 unspecified atom stereocenters. The van der Waals surface area contributed by atoms with Gasteiger partial charge in [-0.05, 0) is 41.2 Å². The van der Waals surface area contributed by atoms with Crippen molar-refractivity contribution in [1.29, 1.82) is 0 Å². The predicted octanol–water partition coefficient (Wildman–Crippen LogP) is 6.04. The zero-order chi connectivity index (χ0) is 31.4. The molecule has 2 N–H and O–H groups in total. The van der Waals surface area contributed by atoms with Crippen LogP contribution in [0.15, 0.2) is 60.9 Å². The summed E-state index contributed by atoms with van der Waals surface area (Å²) in [6.07, 6.45) is 2.11. The minimum atomic E-state index is -0.573. The van der Waals surface area contributed by atoms with Gasteiger partial charge in [0.2, 0.25) is 5.88 Å². The van der Waals surface area contributed by atoms with Gasteiger partial charge in [0.1, 0.15) is 17.8 Å². The Morgan fingerprint density at radius 3 is 2.45 bits per heavy atom. The first-order valence-corrected chi connectivity index (χ1v) is 14.3. The maximum Gasteiger partial charge on any atom is 0.319 e. The summed E-state index contributed by atoms with van der Waals surface area (Å²) in [5.41, 5.74) is 2.88. The number of fused-ring (bicyclic) bond motifs is 1. The number of nitro groups is 1. The molecular formula is C32H36N6O6. The average molecular weight is 601 g/mol. The van der Waals surface area contributed by atoms with Gasteiger partial charge in [-0.2, -0.15) is 0 Å². The minimum absolute atomic E-state index is 0.0487. The van der Waals surface area contributed by atoms with E-state index >= 15 is 0 Å². The van der Waals surface area contributed by atoms with Gasteiger partial charge in [0.15, 0.2) is 11.5 Å². The first-order valence-electron chi connectivity index (χ1n) is 14.3. The van der Waals surface area contributed by atoms with Crippen molar-refractivity contribution in [2.45, 2.75) is 45.2 Å². The standard InChI is InChI=1S/C32H36N6O6/c1-32(2,3)21-8-6-20(7-9-21)17-37-13-12-22(18-37)35-31(39)36-25-11-10-23(14-27(25)38(40)41)44-30-24-15-28(42-4)29(43-5)16-26(24)33-19-34-30/h6-11,14-16,19,22H,12-13,17-18H2,1-5H3,(H2,35,36,39). The number of aromatic nitrogens is 2. The number of hydrogen-bond donors (Lipinski definition) is 2. The highest BCUT2D eigenvalue weighted by Gasteiger charge is 2.26. The van der Waals surface area contributed by atoms with Crippen molar-refractivity contribution in [1.82, 2.24) is 20.2 Å². The van der Waals surface area contributed by atoms with E-state index in [0.717, 1.165) is 19.5 Å². The summed E-state index contributed by atoms with van der Waals surface area (Å²) in [5.74, 6) is 1.29. The van der Waals surface area contributed by atoms with Crippen LogP contribution in [0, 0.1) is 10.1 Å². The molecule has 0 aliphatic carbocycles. The van der Waals surface area contributed by atoms with Crippen LogP contribution in [-0.4, -0.2) is 59.2 Å². The molecule has 0 spiro atoms. The summed E-state index contributed by atoms with van der Waals surface area (Å²) in [4.78, 5) is 34.9. The molecule has 2 amide bonds. The molecule has 1 saturated heterocycles. The van der Waals surface area contributed by atoms with Crippen molar-refractivity contribution < 1.29 is 23.9 Å². The normalized spacial score (nSPS) is 15.2. The highest BCUT2D eigenvalue weighted by molar-refractivity contribution is 5.92. The quantitative estimate of drug-likeness (QED) is 0.174. The fourth-order valence-corrected chi connectivity index (χ4v) is 5.19. The van der Waals surface area contributed by atoms with Crippen LogP contribution >= 0.6 is 0 Å². The molecule has 1 atom stereocenters. The number of rotatable bonds is 9. The van der Waals surface area contributed by atoms with E-state index in [9.17, 15) is 14.9 Å². The number of methoxy groups -OCH3 is 2. The lowest BCUT2D eigenvalue weighted by Gasteiger charge is -2.20. The summed E-state index contributed by atoms with van der Waals surface area (Å²) in [5, 5.41) is 18.0. The minimum Gasteiger partial charge on any atom is -0.493 e. The van der Waals surface area contributed by atoms with Crippen molar-refractivity contribution in [2.24, 2.45) is 0 Å². The third-order valence-corrected chi connectivity index (χ3v) is 7.57. The molecular weight excluding hydrogens is 564 g/mol. The lowest BCUT2D eigenvalue weighted by atomic mass is 9.87. The second-order valence-corrected chi connectivity index (χ2v) is 11.7. The summed E-state index contributed by atoms with van der Waals surface area (Å²) in [6.45, 7) is 8.90. The zero-order valence-corrected chi connectivity index (χ0v) is 25.4. The van der Waals surface area contributed by atoms with Crippen LogP contribution in [0.4, 0.5) is 16.2 Å². The molecule has 2 heterocycles. The van der Waals surface area contributed by atoms with Gasteiger partial charge in [-0.1, -0.05) is 45.0 Å². The van der Waals surface area contributed by atoms with Crippen molar-refractivity contribution >= 4 is 28.3 Å². The van der Waals surface area contributed by atoms with Crippen molar-refractivity contribution in [3.05, 3.63) is 82.2 Å². The van der Waals surface area contributed by atoms with Gasteiger partial charge >= 0.3 is 6.03 Å². The van der Waals surface area contributed by atoms with Crippen LogP contribution in [0.25, 0.3) is 10.9 Å². The first kappa shape index (κ1) is 30.5. The topological polar surface area (TPSA) is 141 Å². The molecule has 1 aromatic heterocycles. The second-order valence-electron chi connectivity index (χ2n) is 11.7. The Labute approximate surface area is 255 Å². The second kappa shape index (κ2) is 12.7. The molecule has 230 valence electrons. The largest absolute Gasteiger partial charge is 0.493 e. The van der Waals surface area contributed by atoms with E-state index in [1.165, 1.54) is 49.9 Å². The predicted molar refractivity (Wildman–Crippen MR) is 167 cm³/mol. The summed E-state index contributed by atoms with van der Waals surface area (Å²) >= 11 is 0. The molecule has 1 aliphatic heterocycles. The van der Waals surface area contributed by atoms with Crippen LogP contribution < -0.4 is 24.8 Å². The Balaban J connectivity index is 1.22. The number of carbonyl (C=O) groups excluding carboxylic acids is 1. The molecule has 0 radical (unpaired) electrons. The van der Waals surface area contributed by atoms with Crippen LogP contribution in [0.5, 0.6) is 23.1 Å².